The molecule has 4 nitrogen and oxygen atoms in total. The van der Waals surface area contributed by atoms with Gasteiger partial charge in [-0.25, -0.2) is 4.79 Å². The van der Waals surface area contributed by atoms with Crippen LogP contribution in [0.1, 0.15) is 5.56 Å². The summed E-state index contributed by atoms with van der Waals surface area (Å²) in [5.41, 5.74) is 0.672. The minimum absolute atomic E-state index is 0.564. The maximum absolute atomic E-state index is 10.5. The molecule has 0 amide bonds. The van der Waals surface area contributed by atoms with Crippen LogP contribution in [0.2, 0.25) is 0 Å². The number of aromatic nitrogens is 1. The standard InChI is InChI=1S/C15H13NO3S/c1-20-14-5-3-12(4-6-14)19-13-8-11(9-16-10-13)2-7-15(17)18/h2-10H,1H3,(H,17,18)/b7-2+. The van der Waals surface area contributed by atoms with Gasteiger partial charge in [0.25, 0.3) is 0 Å². The van der Waals surface area contributed by atoms with Crippen molar-refractivity contribution in [2.45, 2.75) is 4.90 Å². The summed E-state index contributed by atoms with van der Waals surface area (Å²) in [5, 5.41) is 8.59. The summed E-state index contributed by atoms with van der Waals surface area (Å²) < 4.78 is 5.67. The molecule has 0 saturated carbocycles. The van der Waals surface area contributed by atoms with E-state index in [-0.39, 0.29) is 0 Å². The van der Waals surface area contributed by atoms with Crippen molar-refractivity contribution in [3.8, 4) is 11.5 Å². The van der Waals surface area contributed by atoms with E-state index in [1.807, 2.05) is 30.5 Å². The largest absolute Gasteiger partial charge is 0.478 e. The molecule has 1 aromatic carbocycles. The van der Waals surface area contributed by atoms with E-state index >= 15 is 0 Å². The molecule has 20 heavy (non-hydrogen) atoms. The molecule has 0 unspecified atom stereocenters. The lowest BCUT2D eigenvalue weighted by Gasteiger charge is -2.06. The summed E-state index contributed by atoms with van der Waals surface area (Å²) in [6.07, 6.45) is 7.70. The van der Waals surface area contributed by atoms with Crippen molar-refractivity contribution in [1.29, 1.82) is 0 Å². The lowest BCUT2D eigenvalue weighted by atomic mass is 10.2. The van der Waals surface area contributed by atoms with Gasteiger partial charge in [-0.3, -0.25) is 4.98 Å². The molecule has 0 aliphatic carbocycles. The molecule has 0 saturated heterocycles. The molecule has 1 heterocycles. The summed E-state index contributed by atoms with van der Waals surface area (Å²) in [7, 11) is 0. The highest BCUT2D eigenvalue weighted by atomic mass is 32.2. The Labute approximate surface area is 121 Å². The number of nitrogens with zero attached hydrogens (tertiary/aromatic N) is 1. The Kier molecular flexibility index (Phi) is 4.79. The summed E-state index contributed by atoms with van der Waals surface area (Å²) in [5.74, 6) is 0.280. The zero-order valence-electron chi connectivity index (χ0n) is 10.8. The van der Waals surface area contributed by atoms with E-state index < -0.39 is 5.97 Å². The molecule has 0 radical (unpaired) electrons. The summed E-state index contributed by atoms with van der Waals surface area (Å²) >= 11 is 1.66. The topological polar surface area (TPSA) is 59.4 Å². The van der Waals surface area contributed by atoms with Crippen molar-refractivity contribution in [2.24, 2.45) is 0 Å². The lowest BCUT2D eigenvalue weighted by molar-refractivity contribution is -0.131. The number of benzene rings is 1. The SMILES string of the molecule is CSc1ccc(Oc2cncc(/C=C/C(=O)O)c2)cc1. The summed E-state index contributed by atoms with van der Waals surface area (Å²) in [4.78, 5) is 15.6. The minimum Gasteiger partial charge on any atom is -0.478 e. The molecular weight excluding hydrogens is 274 g/mol. The van der Waals surface area contributed by atoms with Gasteiger partial charge in [-0.1, -0.05) is 0 Å². The Morgan fingerprint density at radius 3 is 2.65 bits per heavy atom. The van der Waals surface area contributed by atoms with Gasteiger partial charge in [-0.05, 0) is 48.2 Å². The third-order valence-electron chi connectivity index (χ3n) is 2.45. The van der Waals surface area contributed by atoms with Gasteiger partial charge >= 0.3 is 5.97 Å². The number of carbonyl (C=O) groups is 1. The van der Waals surface area contributed by atoms with E-state index in [4.69, 9.17) is 9.84 Å². The predicted octanol–water partition coefficient (Wildman–Crippen LogP) is 3.69. The molecule has 1 N–H and O–H groups in total. The molecule has 0 aliphatic rings. The van der Waals surface area contributed by atoms with Crippen LogP contribution >= 0.6 is 11.8 Å². The normalized spacial score (nSPS) is 10.7. The van der Waals surface area contributed by atoms with Crippen LogP contribution < -0.4 is 4.74 Å². The van der Waals surface area contributed by atoms with Crippen molar-refractivity contribution in [1.82, 2.24) is 4.98 Å². The van der Waals surface area contributed by atoms with Crippen LogP contribution in [0.15, 0.2) is 53.7 Å². The first-order valence-electron chi connectivity index (χ1n) is 5.85. The predicted molar refractivity (Wildman–Crippen MR) is 79.2 cm³/mol. The van der Waals surface area contributed by atoms with E-state index in [9.17, 15) is 4.79 Å². The van der Waals surface area contributed by atoms with E-state index in [1.54, 1.807) is 30.2 Å². The second-order valence-electron chi connectivity index (χ2n) is 3.90. The smallest absolute Gasteiger partial charge is 0.328 e. The molecule has 0 spiro atoms. The van der Waals surface area contributed by atoms with E-state index in [0.29, 0.717) is 17.1 Å². The molecule has 1 aromatic heterocycles. The second kappa shape index (κ2) is 6.77. The Bertz CT molecular complexity index is 623. The van der Waals surface area contributed by atoms with Crippen molar-refractivity contribution in [3.63, 3.8) is 0 Å². The zero-order valence-corrected chi connectivity index (χ0v) is 11.6. The average molecular weight is 287 g/mol. The number of pyridine rings is 1. The first kappa shape index (κ1) is 14.1. The highest BCUT2D eigenvalue weighted by Crippen LogP contribution is 2.24. The van der Waals surface area contributed by atoms with Crippen LogP contribution in [-0.2, 0) is 4.79 Å². The fourth-order valence-corrected chi connectivity index (χ4v) is 1.94. The monoisotopic (exact) mass is 287 g/mol. The maximum Gasteiger partial charge on any atom is 0.328 e. The van der Waals surface area contributed by atoms with Crippen molar-refractivity contribution >= 4 is 23.8 Å². The quantitative estimate of drug-likeness (QED) is 0.671. The summed E-state index contributed by atoms with van der Waals surface area (Å²) in [6, 6.07) is 9.44. The van der Waals surface area contributed by atoms with Crippen LogP contribution in [0.4, 0.5) is 0 Å². The van der Waals surface area contributed by atoms with Crippen molar-refractivity contribution in [2.75, 3.05) is 6.26 Å². The van der Waals surface area contributed by atoms with Crippen molar-refractivity contribution in [3.05, 3.63) is 54.4 Å². The van der Waals surface area contributed by atoms with Gasteiger partial charge in [0.05, 0.1) is 6.20 Å². The maximum atomic E-state index is 10.5. The van der Waals surface area contributed by atoms with Crippen LogP contribution in [0.3, 0.4) is 0 Å². The Hall–Kier alpha value is -2.27. The number of carboxylic acids is 1. The van der Waals surface area contributed by atoms with Crippen molar-refractivity contribution < 1.29 is 14.6 Å². The molecule has 0 atom stereocenters. The molecule has 2 aromatic rings. The van der Waals surface area contributed by atoms with Gasteiger partial charge in [-0.2, -0.15) is 0 Å². The first-order valence-corrected chi connectivity index (χ1v) is 7.08. The molecular formula is C15H13NO3S. The highest BCUT2D eigenvalue weighted by Gasteiger charge is 1.99. The fraction of sp³-hybridized carbons (Fsp3) is 0.0667. The van der Waals surface area contributed by atoms with Crippen LogP contribution in [0.25, 0.3) is 6.08 Å². The second-order valence-corrected chi connectivity index (χ2v) is 4.78. The fourth-order valence-electron chi connectivity index (χ4n) is 1.53. The number of hydrogen-bond acceptors (Lipinski definition) is 4. The Balaban J connectivity index is 2.12. The van der Waals surface area contributed by atoms with E-state index in [1.165, 1.54) is 6.08 Å². The molecule has 0 fully saturated rings. The third kappa shape index (κ3) is 4.13. The van der Waals surface area contributed by atoms with Gasteiger partial charge < -0.3 is 9.84 Å². The van der Waals surface area contributed by atoms with Crippen LogP contribution in [0, 0.1) is 0 Å². The number of rotatable bonds is 5. The van der Waals surface area contributed by atoms with E-state index in [0.717, 1.165) is 11.0 Å². The number of ether oxygens (including phenoxy) is 1. The number of hydrogen-bond donors (Lipinski definition) is 1. The first-order chi connectivity index (χ1) is 9.67. The average Bonchev–Trinajstić information content (AvgIpc) is 2.46. The number of carboxylic acid groups (broad SMARTS) is 1. The Morgan fingerprint density at radius 2 is 2.00 bits per heavy atom. The molecule has 0 bridgehead atoms. The van der Waals surface area contributed by atoms with Gasteiger partial charge in [0.2, 0.25) is 0 Å². The highest BCUT2D eigenvalue weighted by molar-refractivity contribution is 7.98. The van der Waals surface area contributed by atoms with Crippen LogP contribution in [0.5, 0.6) is 11.5 Å². The third-order valence-corrected chi connectivity index (χ3v) is 3.19. The number of aliphatic carboxylic acids is 1. The van der Waals surface area contributed by atoms with Gasteiger partial charge in [-0.15, -0.1) is 11.8 Å². The zero-order chi connectivity index (χ0) is 14.4. The lowest BCUT2D eigenvalue weighted by Crippen LogP contribution is -1.88. The molecule has 102 valence electrons. The minimum atomic E-state index is -0.996. The van der Waals surface area contributed by atoms with E-state index in [2.05, 4.69) is 4.98 Å². The summed E-state index contributed by atoms with van der Waals surface area (Å²) in [6.45, 7) is 0. The molecule has 5 heteroatoms. The van der Waals surface area contributed by atoms with Gasteiger partial charge in [0, 0.05) is 17.2 Å². The molecule has 2 rings (SSSR count). The van der Waals surface area contributed by atoms with Gasteiger partial charge in [0.15, 0.2) is 0 Å². The van der Waals surface area contributed by atoms with Gasteiger partial charge in [0.1, 0.15) is 11.5 Å². The Morgan fingerprint density at radius 1 is 1.25 bits per heavy atom. The number of thioether (sulfide) groups is 1. The van der Waals surface area contributed by atoms with Crippen LogP contribution in [-0.4, -0.2) is 22.3 Å². The molecule has 0 aliphatic heterocycles.